The van der Waals surface area contributed by atoms with Gasteiger partial charge in [-0.2, -0.15) is 9.50 Å². The van der Waals surface area contributed by atoms with Crippen LogP contribution in [0.2, 0.25) is 0 Å². The number of nitrogens with one attached hydrogen (secondary N) is 2. The van der Waals surface area contributed by atoms with Crippen LogP contribution in [-0.4, -0.2) is 30.5 Å². The topological polar surface area (TPSA) is 105 Å². The van der Waals surface area contributed by atoms with E-state index in [9.17, 15) is 9.59 Å². The van der Waals surface area contributed by atoms with Gasteiger partial charge in [0.15, 0.2) is 5.82 Å². The van der Waals surface area contributed by atoms with Crippen LogP contribution in [0.3, 0.4) is 0 Å². The number of pyridine rings is 1. The third kappa shape index (κ3) is 2.88. The fourth-order valence-electron chi connectivity index (χ4n) is 2.38. The molecular formula is C17H12N6O2. The van der Waals surface area contributed by atoms with E-state index in [2.05, 4.69) is 25.4 Å². The molecule has 4 rings (SSSR count). The van der Waals surface area contributed by atoms with Gasteiger partial charge in [-0.15, -0.1) is 5.10 Å². The summed E-state index contributed by atoms with van der Waals surface area (Å²) < 4.78 is 1.39. The van der Waals surface area contributed by atoms with Crippen LogP contribution >= 0.6 is 0 Å². The lowest BCUT2D eigenvalue weighted by molar-refractivity contribution is 0.102. The molecule has 3 heterocycles. The van der Waals surface area contributed by atoms with Gasteiger partial charge in [0, 0.05) is 29.6 Å². The van der Waals surface area contributed by atoms with E-state index in [1.165, 1.54) is 23.0 Å². The first kappa shape index (κ1) is 14.8. The number of rotatable bonds is 3. The molecule has 122 valence electrons. The van der Waals surface area contributed by atoms with E-state index in [0.717, 1.165) is 5.56 Å². The molecule has 0 bridgehead atoms. The van der Waals surface area contributed by atoms with Gasteiger partial charge in [-0.25, -0.2) is 0 Å². The van der Waals surface area contributed by atoms with Crippen molar-refractivity contribution in [3.8, 4) is 11.4 Å². The molecule has 25 heavy (non-hydrogen) atoms. The third-order valence-corrected chi connectivity index (χ3v) is 3.55. The number of nitrogens with zero attached hydrogens (tertiary/aromatic N) is 4. The summed E-state index contributed by atoms with van der Waals surface area (Å²) >= 11 is 0. The smallest absolute Gasteiger partial charge is 0.256 e. The maximum Gasteiger partial charge on any atom is 0.256 e. The molecule has 1 amide bonds. The van der Waals surface area contributed by atoms with Crippen molar-refractivity contribution in [3.05, 3.63) is 76.8 Å². The number of hydrogen-bond acceptors (Lipinski definition) is 5. The Morgan fingerprint density at radius 3 is 2.60 bits per heavy atom. The van der Waals surface area contributed by atoms with E-state index in [4.69, 9.17) is 0 Å². The first-order chi connectivity index (χ1) is 12.2. The van der Waals surface area contributed by atoms with Gasteiger partial charge in [0.1, 0.15) is 5.82 Å². The SMILES string of the molecule is O=C(Nc1cc(=O)[nH]c2nc(-c3ccccc3)nn12)c1ccncc1. The van der Waals surface area contributed by atoms with Gasteiger partial charge in [-0.3, -0.25) is 19.6 Å². The Morgan fingerprint density at radius 2 is 1.84 bits per heavy atom. The van der Waals surface area contributed by atoms with Gasteiger partial charge in [0.05, 0.1) is 0 Å². The lowest BCUT2D eigenvalue weighted by Gasteiger charge is -2.05. The molecule has 0 atom stereocenters. The standard InChI is InChI=1S/C17H12N6O2/c24-14-10-13(19-16(25)12-6-8-18-9-7-12)23-17(20-14)21-15(22-23)11-4-2-1-3-5-11/h1-10H,(H,19,25)(H,20,21,22,24). The molecule has 1 aromatic carbocycles. The number of aromatic nitrogens is 5. The highest BCUT2D eigenvalue weighted by molar-refractivity contribution is 6.03. The van der Waals surface area contributed by atoms with Gasteiger partial charge in [-0.1, -0.05) is 30.3 Å². The summed E-state index contributed by atoms with van der Waals surface area (Å²) in [7, 11) is 0. The predicted molar refractivity (Wildman–Crippen MR) is 91.2 cm³/mol. The Labute approximate surface area is 141 Å². The summed E-state index contributed by atoms with van der Waals surface area (Å²) in [5.41, 5.74) is 0.842. The number of amides is 1. The van der Waals surface area contributed by atoms with Crippen LogP contribution in [0.4, 0.5) is 5.82 Å². The highest BCUT2D eigenvalue weighted by Gasteiger charge is 2.13. The first-order valence-corrected chi connectivity index (χ1v) is 7.47. The fraction of sp³-hybridized carbons (Fsp3) is 0. The summed E-state index contributed by atoms with van der Waals surface area (Å²) in [5, 5.41) is 7.06. The zero-order valence-corrected chi connectivity index (χ0v) is 12.9. The van der Waals surface area contributed by atoms with Crippen molar-refractivity contribution in [2.24, 2.45) is 0 Å². The van der Waals surface area contributed by atoms with Crippen LogP contribution in [0.1, 0.15) is 10.4 Å². The monoisotopic (exact) mass is 332 g/mol. The van der Waals surface area contributed by atoms with Crippen molar-refractivity contribution in [1.82, 2.24) is 24.6 Å². The van der Waals surface area contributed by atoms with Crippen molar-refractivity contribution in [1.29, 1.82) is 0 Å². The van der Waals surface area contributed by atoms with Gasteiger partial charge < -0.3 is 5.32 Å². The lowest BCUT2D eigenvalue weighted by atomic mass is 10.2. The van der Waals surface area contributed by atoms with Gasteiger partial charge >= 0.3 is 0 Å². The average Bonchev–Trinajstić information content (AvgIpc) is 3.07. The molecule has 8 heteroatoms. The quantitative estimate of drug-likeness (QED) is 0.594. The molecule has 0 spiro atoms. The van der Waals surface area contributed by atoms with E-state index in [-0.39, 0.29) is 23.1 Å². The molecule has 0 radical (unpaired) electrons. The van der Waals surface area contributed by atoms with E-state index < -0.39 is 0 Å². The van der Waals surface area contributed by atoms with Crippen molar-refractivity contribution < 1.29 is 4.79 Å². The minimum absolute atomic E-state index is 0.232. The van der Waals surface area contributed by atoms with Crippen LogP contribution in [0.5, 0.6) is 0 Å². The van der Waals surface area contributed by atoms with Crippen molar-refractivity contribution >= 4 is 17.5 Å². The maximum atomic E-state index is 12.3. The molecule has 8 nitrogen and oxygen atoms in total. The number of carbonyl (C=O) groups is 1. The highest BCUT2D eigenvalue weighted by atomic mass is 16.2. The number of H-pyrrole nitrogens is 1. The van der Waals surface area contributed by atoms with Crippen LogP contribution in [0.15, 0.2) is 65.7 Å². The number of anilines is 1. The molecule has 2 N–H and O–H groups in total. The summed E-state index contributed by atoms with van der Waals surface area (Å²) in [6.45, 7) is 0. The van der Waals surface area contributed by atoms with Crippen molar-refractivity contribution in [2.45, 2.75) is 0 Å². The molecule has 0 aliphatic rings. The second kappa shape index (κ2) is 6.00. The Bertz CT molecular complexity index is 1100. The predicted octanol–water partition coefficient (Wildman–Crippen LogP) is 1.73. The highest BCUT2D eigenvalue weighted by Crippen LogP contribution is 2.16. The summed E-state index contributed by atoms with van der Waals surface area (Å²) in [4.78, 5) is 35.0. The number of hydrogen-bond donors (Lipinski definition) is 2. The Morgan fingerprint density at radius 1 is 1.08 bits per heavy atom. The molecule has 0 saturated carbocycles. The Hall–Kier alpha value is -3.81. The second-order valence-corrected chi connectivity index (χ2v) is 5.25. The maximum absolute atomic E-state index is 12.3. The van der Waals surface area contributed by atoms with E-state index in [0.29, 0.717) is 11.4 Å². The minimum atomic E-state index is -0.385. The largest absolute Gasteiger partial charge is 0.306 e. The molecule has 0 aliphatic carbocycles. The summed E-state index contributed by atoms with van der Waals surface area (Å²) in [6.07, 6.45) is 3.04. The zero-order chi connectivity index (χ0) is 17.2. The van der Waals surface area contributed by atoms with Gasteiger partial charge in [-0.05, 0) is 12.1 Å². The van der Waals surface area contributed by atoms with Crippen molar-refractivity contribution in [3.63, 3.8) is 0 Å². The molecule has 0 unspecified atom stereocenters. The van der Waals surface area contributed by atoms with Crippen molar-refractivity contribution in [2.75, 3.05) is 5.32 Å². The van der Waals surface area contributed by atoms with Gasteiger partial charge in [0.2, 0.25) is 5.78 Å². The Kier molecular flexibility index (Phi) is 3.55. The van der Waals surface area contributed by atoms with E-state index in [1.807, 2.05) is 30.3 Å². The summed E-state index contributed by atoms with van der Waals surface area (Å²) in [5.74, 6) is 0.555. The molecule has 3 aromatic heterocycles. The molecule has 4 aromatic rings. The van der Waals surface area contributed by atoms with Crippen LogP contribution in [-0.2, 0) is 0 Å². The first-order valence-electron chi connectivity index (χ1n) is 7.47. The van der Waals surface area contributed by atoms with Crippen LogP contribution < -0.4 is 10.9 Å². The number of fused-ring (bicyclic) bond motifs is 1. The van der Waals surface area contributed by atoms with Crippen LogP contribution in [0, 0.1) is 0 Å². The molecule has 0 fully saturated rings. The Balaban J connectivity index is 1.77. The number of aromatic amines is 1. The normalized spacial score (nSPS) is 10.7. The van der Waals surface area contributed by atoms with E-state index in [1.54, 1.807) is 12.1 Å². The summed E-state index contributed by atoms with van der Waals surface area (Å²) in [6, 6.07) is 13.8. The zero-order valence-electron chi connectivity index (χ0n) is 12.9. The second-order valence-electron chi connectivity index (χ2n) is 5.25. The van der Waals surface area contributed by atoms with Crippen LogP contribution in [0.25, 0.3) is 17.2 Å². The number of carbonyl (C=O) groups excluding carboxylic acids is 1. The molecular weight excluding hydrogens is 320 g/mol. The fourth-order valence-corrected chi connectivity index (χ4v) is 2.38. The molecule has 0 aliphatic heterocycles. The van der Waals surface area contributed by atoms with Gasteiger partial charge in [0.25, 0.3) is 11.5 Å². The lowest BCUT2D eigenvalue weighted by Crippen LogP contribution is -2.18. The third-order valence-electron chi connectivity index (χ3n) is 3.55. The average molecular weight is 332 g/mol. The van der Waals surface area contributed by atoms with E-state index >= 15 is 0 Å². The molecule has 0 saturated heterocycles. The minimum Gasteiger partial charge on any atom is -0.306 e. The number of benzene rings is 1.